The fourth-order valence-electron chi connectivity index (χ4n) is 1.46. The molecule has 0 radical (unpaired) electrons. The van der Waals surface area contributed by atoms with Crippen molar-refractivity contribution in [3.63, 3.8) is 0 Å². The van der Waals surface area contributed by atoms with Gasteiger partial charge in [0, 0.05) is 24.2 Å². The average molecular weight is 268 g/mol. The first-order valence-electron chi connectivity index (χ1n) is 6.13. The number of benzene rings is 1. The van der Waals surface area contributed by atoms with Gasteiger partial charge < -0.3 is 15.8 Å². The Labute approximate surface area is 113 Å². The maximum atomic E-state index is 13.2. The Balaban J connectivity index is 2.67. The first-order valence-corrected chi connectivity index (χ1v) is 6.13. The molecule has 0 aliphatic heterocycles. The molecule has 3 N–H and O–H groups in total. The van der Waals surface area contributed by atoms with E-state index >= 15 is 0 Å². The van der Waals surface area contributed by atoms with E-state index in [4.69, 9.17) is 10.5 Å². The number of nitrogens with two attached hydrogens (primary N) is 1. The highest BCUT2D eigenvalue weighted by Gasteiger charge is 2.23. The van der Waals surface area contributed by atoms with Gasteiger partial charge in [-0.3, -0.25) is 4.79 Å². The van der Waals surface area contributed by atoms with E-state index in [0.717, 1.165) is 0 Å². The quantitative estimate of drug-likeness (QED) is 0.882. The van der Waals surface area contributed by atoms with Crippen molar-refractivity contribution in [1.29, 1.82) is 0 Å². The number of hydrogen-bond donors (Lipinski definition) is 2. The molecule has 1 rings (SSSR count). The lowest BCUT2D eigenvalue weighted by molar-refractivity contribution is -0.117. The van der Waals surface area contributed by atoms with Gasteiger partial charge in [-0.05, 0) is 17.5 Å². The van der Waals surface area contributed by atoms with E-state index in [-0.39, 0.29) is 29.5 Å². The molecular formula is C14H21FN2O2. The smallest absolute Gasteiger partial charge is 0.225 e. The van der Waals surface area contributed by atoms with E-state index in [9.17, 15) is 9.18 Å². The lowest BCUT2D eigenvalue weighted by atomic mass is 9.85. The van der Waals surface area contributed by atoms with Crippen molar-refractivity contribution in [2.45, 2.75) is 33.2 Å². The molecule has 0 bridgehead atoms. The summed E-state index contributed by atoms with van der Waals surface area (Å²) in [7, 11) is 1.37. The normalized spacial score (nSPS) is 12.9. The molecule has 106 valence electrons. The second kappa shape index (κ2) is 6.02. The molecule has 1 unspecified atom stereocenters. The van der Waals surface area contributed by atoms with E-state index in [1.807, 2.05) is 20.8 Å². The zero-order valence-corrected chi connectivity index (χ0v) is 11.8. The first-order chi connectivity index (χ1) is 8.74. The van der Waals surface area contributed by atoms with Crippen LogP contribution >= 0.6 is 0 Å². The molecule has 0 aliphatic rings. The topological polar surface area (TPSA) is 64.3 Å². The van der Waals surface area contributed by atoms with E-state index in [0.29, 0.717) is 5.69 Å². The van der Waals surface area contributed by atoms with Gasteiger partial charge in [-0.25, -0.2) is 4.39 Å². The summed E-state index contributed by atoms with van der Waals surface area (Å²) in [5, 5.41) is 2.68. The number of carbonyl (C=O) groups is 1. The molecule has 0 heterocycles. The molecule has 0 spiro atoms. The van der Waals surface area contributed by atoms with E-state index < -0.39 is 5.82 Å². The summed E-state index contributed by atoms with van der Waals surface area (Å²) >= 11 is 0. The van der Waals surface area contributed by atoms with Gasteiger partial charge in [0.25, 0.3) is 0 Å². The Morgan fingerprint density at radius 2 is 2.11 bits per heavy atom. The number of rotatable bonds is 4. The minimum absolute atomic E-state index is 0.0953. The number of ether oxygens (including phenoxy) is 1. The van der Waals surface area contributed by atoms with Gasteiger partial charge in [-0.15, -0.1) is 0 Å². The second-order valence-electron chi connectivity index (χ2n) is 5.57. The third kappa shape index (κ3) is 4.52. The summed E-state index contributed by atoms with van der Waals surface area (Å²) in [5.41, 5.74) is 6.29. The molecular weight excluding hydrogens is 247 g/mol. The van der Waals surface area contributed by atoms with E-state index in [1.165, 1.54) is 25.3 Å². The number of methoxy groups -OCH3 is 1. The molecule has 0 saturated carbocycles. The fourth-order valence-corrected chi connectivity index (χ4v) is 1.46. The van der Waals surface area contributed by atoms with Gasteiger partial charge in [-0.1, -0.05) is 20.8 Å². The lowest BCUT2D eigenvalue weighted by Gasteiger charge is -2.26. The van der Waals surface area contributed by atoms with Gasteiger partial charge in [0.05, 0.1) is 7.11 Å². The van der Waals surface area contributed by atoms with Gasteiger partial charge in [0.15, 0.2) is 11.6 Å². The third-order valence-electron chi connectivity index (χ3n) is 2.95. The van der Waals surface area contributed by atoms with Crippen molar-refractivity contribution >= 4 is 11.6 Å². The summed E-state index contributed by atoms with van der Waals surface area (Å²) in [6.07, 6.45) is 0.211. The Hall–Kier alpha value is -1.62. The number of anilines is 1. The Morgan fingerprint density at radius 1 is 1.47 bits per heavy atom. The minimum Gasteiger partial charge on any atom is -0.494 e. The molecule has 0 saturated heterocycles. The molecule has 19 heavy (non-hydrogen) atoms. The molecule has 1 atom stereocenters. The van der Waals surface area contributed by atoms with Crippen molar-refractivity contribution in [3.8, 4) is 5.75 Å². The summed E-state index contributed by atoms with van der Waals surface area (Å²) in [5.74, 6) is -0.569. The van der Waals surface area contributed by atoms with Crippen LogP contribution in [0.25, 0.3) is 0 Å². The van der Waals surface area contributed by atoms with Crippen LogP contribution in [0.3, 0.4) is 0 Å². The van der Waals surface area contributed by atoms with Crippen LogP contribution in [0.2, 0.25) is 0 Å². The molecule has 0 aliphatic carbocycles. The van der Waals surface area contributed by atoms with Crippen LogP contribution in [0.4, 0.5) is 10.1 Å². The SMILES string of the molecule is COc1cc(NC(=O)CC(N)C(C)(C)C)ccc1F. The van der Waals surface area contributed by atoms with Crippen molar-refractivity contribution < 1.29 is 13.9 Å². The van der Waals surface area contributed by atoms with Crippen molar-refractivity contribution in [2.75, 3.05) is 12.4 Å². The fraction of sp³-hybridized carbons (Fsp3) is 0.500. The van der Waals surface area contributed by atoms with Crippen molar-refractivity contribution in [1.82, 2.24) is 0 Å². The van der Waals surface area contributed by atoms with Crippen LogP contribution < -0.4 is 15.8 Å². The molecule has 5 heteroatoms. The number of carbonyl (C=O) groups excluding carboxylic acids is 1. The monoisotopic (exact) mass is 268 g/mol. The lowest BCUT2D eigenvalue weighted by Crippen LogP contribution is -2.38. The Kier molecular flexibility index (Phi) is 4.89. The van der Waals surface area contributed by atoms with Crippen LogP contribution in [0, 0.1) is 11.2 Å². The van der Waals surface area contributed by atoms with Gasteiger partial charge in [-0.2, -0.15) is 0 Å². The largest absolute Gasteiger partial charge is 0.494 e. The van der Waals surface area contributed by atoms with E-state index in [1.54, 1.807) is 0 Å². The highest BCUT2D eigenvalue weighted by Crippen LogP contribution is 2.23. The van der Waals surface area contributed by atoms with Crippen LogP contribution in [0.5, 0.6) is 5.75 Å². The maximum Gasteiger partial charge on any atom is 0.225 e. The molecule has 1 amide bonds. The minimum atomic E-state index is -0.466. The summed E-state index contributed by atoms with van der Waals surface area (Å²) in [6.45, 7) is 5.93. The van der Waals surface area contributed by atoms with Crippen LogP contribution in [0.15, 0.2) is 18.2 Å². The Morgan fingerprint density at radius 3 is 2.63 bits per heavy atom. The second-order valence-corrected chi connectivity index (χ2v) is 5.57. The maximum absolute atomic E-state index is 13.2. The van der Waals surface area contributed by atoms with E-state index in [2.05, 4.69) is 5.32 Å². The van der Waals surface area contributed by atoms with Crippen LogP contribution in [-0.2, 0) is 4.79 Å². The van der Waals surface area contributed by atoms with Gasteiger partial charge >= 0.3 is 0 Å². The molecule has 0 fully saturated rings. The van der Waals surface area contributed by atoms with Gasteiger partial charge in [0.2, 0.25) is 5.91 Å². The Bertz CT molecular complexity index is 455. The number of halogens is 1. The molecule has 1 aromatic rings. The zero-order chi connectivity index (χ0) is 14.6. The predicted molar refractivity (Wildman–Crippen MR) is 73.6 cm³/mol. The summed E-state index contributed by atoms with van der Waals surface area (Å²) < 4.78 is 18.1. The standard InChI is InChI=1S/C14H21FN2O2/c1-14(2,3)12(16)8-13(18)17-9-5-6-10(15)11(7-9)19-4/h5-7,12H,8,16H2,1-4H3,(H,17,18). The number of amides is 1. The third-order valence-corrected chi connectivity index (χ3v) is 2.95. The number of hydrogen-bond acceptors (Lipinski definition) is 3. The zero-order valence-electron chi connectivity index (χ0n) is 11.8. The van der Waals surface area contributed by atoms with Crippen molar-refractivity contribution in [2.24, 2.45) is 11.1 Å². The summed E-state index contributed by atoms with van der Waals surface area (Å²) in [4.78, 5) is 11.8. The molecule has 4 nitrogen and oxygen atoms in total. The van der Waals surface area contributed by atoms with Crippen LogP contribution in [0.1, 0.15) is 27.2 Å². The number of nitrogens with one attached hydrogen (secondary N) is 1. The highest BCUT2D eigenvalue weighted by molar-refractivity contribution is 5.91. The average Bonchev–Trinajstić information content (AvgIpc) is 2.30. The highest BCUT2D eigenvalue weighted by atomic mass is 19.1. The van der Waals surface area contributed by atoms with Crippen molar-refractivity contribution in [3.05, 3.63) is 24.0 Å². The molecule has 0 aromatic heterocycles. The predicted octanol–water partition coefficient (Wildman–Crippen LogP) is 2.54. The first kappa shape index (κ1) is 15.4. The van der Waals surface area contributed by atoms with Crippen LogP contribution in [-0.4, -0.2) is 19.1 Å². The summed E-state index contributed by atoms with van der Waals surface area (Å²) in [6, 6.07) is 3.93. The molecule has 1 aromatic carbocycles. The van der Waals surface area contributed by atoms with Gasteiger partial charge in [0.1, 0.15) is 0 Å².